The number of carbonyl (C=O) groups excluding carboxylic acids is 3. The lowest BCUT2D eigenvalue weighted by molar-refractivity contribution is -0.157. The summed E-state index contributed by atoms with van der Waals surface area (Å²) in [6.07, 6.45) is 0. The summed E-state index contributed by atoms with van der Waals surface area (Å²) in [7, 11) is 0. The summed E-state index contributed by atoms with van der Waals surface area (Å²) in [4.78, 5) is 40.0. The van der Waals surface area contributed by atoms with Crippen LogP contribution in [0.15, 0.2) is 42.5 Å². The lowest BCUT2D eigenvalue weighted by Crippen LogP contribution is -2.55. The Bertz CT molecular complexity index is 912. The van der Waals surface area contributed by atoms with Gasteiger partial charge in [0.2, 0.25) is 5.91 Å². The molecular weight excluding hydrogens is 378 g/mol. The number of nitrogens with zero attached hydrogens (tertiary/aromatic N) is 2. The first-order valence-electron chi connectivity index (χ1n) is 9.04. The molecule has 1 N–H and O–H groups in total. The molecule has 28 heavy (non-hydrogen) atoms. The van der Waals surface area contributed by atoms with Crippen molar-refractivity contribution in [3.63, 3.8) is 0 Å². The van der Waals surface area contributed by atoms with Gasteiger partial charge in [-0.15, -0.1) is 0 Å². The van der Waals surface area contributed by atoms with E-state index in [1.165, 1.54) is 9.80 Å². The van der Waals surface area contributed by atoms with Gasteiger partial charge in [0.1, 0.15) is 6.54 Å². The van der Waals surface area contributed by atoms with Gasteiger partial charge in [0.15, 0.2) is 0 Å². The van der Waals surface area contributed by atoms with Crippen LogP contribution in [0.5, 0.6) is 0 Å². The summed E-state index contributed by atoms with van der Waals surface area (Å²) in [5.74, 6) is -1.60. The molecule has 0 atom stereocenters. The molecule has 7 heteroatoms. The Morgan fingerprint density at radius 2 is 1.64 bits per heavy atom. The Morgan fingerprint density at radius 3 is 2.36 bits per heavy atom. The number of benzene rings is 2. The van der Waals surface area contributed by atoms with Crippen LogP contribution in [-0.4, -0.2) is 47.2 Å². The molecule has 0 spiro atoms. The minimum atomic E-state index is -0.656. The van der Waals surface area contributed by atoms with Crippen LogP contribution in [0.2, 0.25) is 5.02 Å². The summed E-state index contributed by atoms with van der Waals surface area (Å²) in [6, 6.07) is 13.1. The van der Waals surface area contributed by atoms with Crippen molar-refractivity contribution in [3.8, 4) is 0 Å². The average Bonchev–Trinajstić information content (AvgIpc) is 2.67. The molecule has 0 bridgehead atoms. The highest BCUT2D eigenvalue weighted by molar-refractivity contribution is 6.35. The van der Waals surface area contributed by atoms with Crippen LogP contribution in [0, 0.1) is 13.8 Å². The SMILES string of the molecule is Cc1ccc(CN2CCN(CC(=O)Nc3cccc(Cl)c3C)C(=O)C2=O)cc1. The van der Waals surface area contributed by atoms with Gasteiger partial charge in [-0.05, 0) is 37.1 Å². The lowest BCUT2D eigenvalue weighted by Gasteiger charge is -2.33. The van der Waals surface area contributed by atoms with Crippen LogP contribution in [0.4, 0.5) is 5.69 Å². The van der Waals surface area contributed by atoms with Gasteiger partial charge in [0.25, 0.3) is 0 Å². The molecule has 1 aliphatic heterocycles. The third-order valence-electron chi connectivity index (χ3n) is 4.77. The van der Waals surface area contributed by atoms with Gasteiger partial charge >= 0.3 is 11.8 Å². The summed E-state index contributed by atoms with van der Waals surface area (Å²) < 4.78 is 0. The van der Waals surface area contributed by atoms with E-state index in [0.717, 1.165) is 16.7 Å². The molecule has 3 amide bonds. The molecule has 0 saturated carbocycles. The molecule has 3 rings (SSSR count). The van der Waals surface area contributed by atoms with Crippen LogP contribution < -0.4 is 5.32 Å². The van der Waals surface area contributed by atoms with Crippen molar-refractivity contribution in [2.45, 2.75) is 20.4 Å². The second-order valence-electron chi connectivity index (χ2n) is 6.90. The van der Waals surface area contributed by atoms with E-state index in [2.05, 4.69) is 5.32 Å². The minimum absolute atomic E-state index is 0.172. The topological polar surface area (TPSA) is 69.7 Å². The minimum Gasteiger partial charge on any atom is -0.328 e. The standard InChI is InChI=1S/C21H22ClN3O3/c1-14-6-8-16(9-7-14)12-24-10-11-25(21(28)20(24)27)13-19(26)23-18-5-3-4-17(22)15(18)2/h3-9H,10-13H2,1-2H3,(H,23,26). The molecule has 0 aromatic heterocycles. The number of hydrogen-bond acceptors (Lipinski definition) is 3. The van der Waals surface area contributed by atoms with Gasteiger partial charge in [-0.25, -0.2) is 0 Å². The fourth-order valence-electron chi connectivity index (χ4n) is 3.04. The largest absolute Gasteiger partial charge is 0.328 e. The predicted octanol–water partition coefficient (Wildman–Crippen LogP) is 2.77. The maximum absolute atomic E-state index is 12.4. The highest BCUT2D eigenvalue weighted by Gasteiger charge is 2.33. The van der Waals surface area contributed by atoms with Gasteiger partial charge in [0, 0.05) is 30.3 Å². The molecule has 2 aromatic rings. The summed E-state index contributed by atoms with van der Waals surface area (Å²) in [6.45, 7) is 4.71. The molecule has 0 unspecified atom stereocenters. The van der Waals surface area contributed by atoms with Gasteiger partial charge in [-0.1, -0.05) is 47.5 Å². The Hall–Kier alpha value is -2.86. The van der Waals surface area contributed by atoms with Gasteiger partial charge in [0.05, 0.1) is 0 Å². The number of amides is 3. The lowest BCUT2D eigenvalue weighted by atomic mass is 10.1. The molecule has 0 aliphatic carbocycles. The second kappa shape index (κ2) is 8.44. The van der Waals surface area contributed by atoms with Crippen molar-refractivity contribution >= 4 is 35.0 Å². The third-order valence-corrected chi connectivity index (χ3v) is 5.18. The average molecular weight is 400 g/mol. The third kappa shape index (κ3) is 4.51. The van der Waals surface area contributed by atoms with Crippen LogP contribution in [0.25, 0.3) is 0 Å². The maximum atomic E-state index is 12.4. The van der Waals surface area contributed by atoms with Gasteiger partial charge in [-0.3, -0.25) is 14.4 Å². The Kier molecular flexibility index (Phi) is 5.99. The number of rotatable bonds is 5. The summed E-state index contributed by atoms with van der Waals surface area (Å²) in [5.41, 5.74) is 3.45. The van der Waals surface area contributed by atoms with Crippen molar-refractivity contribution in [2.24, 2.45) is 0 Å². The second-order valence-corrected chi connectivity index (χ2v) is 7.31. The van der Waals surface area contributed by atoms with E-state index in [4.69, 9.17) is 11.6 Å². The number of anilines is 1. The van der Waals surface area contributed by atoms with Crippen LogP contribution >= 0.6 is 11.6 Å². The first kappa shape index (κ1) is 19.9. The zero-order valence-electron chi connectivity index (χ0n) is 15.9. The predicted molar refractivity (Wildman–Crippen MR) is 108 cm³/mol. The fourth-order valence-corrected chi connectivity index (χ4v) is 3.21. The van der Waals surface area contributed by atoms with Crippen molar-refractivity contribution in [2.75, 3.05) is 25.0 Å². The van der Waals surface area contributed by atoms with Crippen molar-refractivity contribution in [1.29, 1.82) is 0 Å². The number of halogens is 1. The normalized spacial score (nSPS) is 14.4. The molecular formula is C21H22ClN3O3. The van der Waals surface area contributed by atoms with E-state index in [9.17, 15) is 14.4 Å². The van der Waals surface area contributed by atoms with E-state index in [1.54, 1.807) is 25.1 Å². The molecule has 1 aliphatic rings. The molecule has 2 aromatic carbocycles. The van der Waals surface area contributed by atoms with E-state index in [0.29, 0.717) is 30.3 Å². The summed E-state index contributed by atoms with van der Waals surface area (Å²) in [5, 5.41) is 3.30. The van der Waals surface area contributed by atoms with E-state index >= 15 is 0 Å². The molecule has 1 heterocycles. The molecule has 6 nitrogen and oxygen atoms in total. The van der Waals surface area contributed by atoms with Crippen molar-refractivity contribution in [1.82, 2.24) is 9.80 Å². The van der Waals surface area contributed by atoms with Crippen LogP contribution in [-0.2, 0) is 20.9 Å². The number of piperazine rings is 1. The zero-order chi connectivity index (χ0) is 20.3. The smallest absolute Gasteiger partial charge is 0.312 e. The number of carbonyl (C=O) groups is 3. The van der Waals surface area contributed by atoms with Gasteiger partial charge in [-0.2, -0.15) is 0 Å². The van der Waals surface area contributed by atoms with E-state index < -0.39 is 11.8 Å². The Balaban J connectivity index is 1.59. The van der Waals surface area contributed by atoms with Gasteiger partial charge < -0.3 is 15.1 Å². The van der Waals surface area contributed by atoms with E-state index in [1.807, 2.05) is 31.2 Å². The van der Waals surface area contributed by atoms with Crippen LogP contribution in [0.1, 0.15) is 16.7 Å². The Morgan fingerprint density at radius 1 is 1.00 bits per heavy atom. The van der Waals surface area contributed by atoms with E-state index in [-0.39, 0.29) is 12.5 Å². The molecule has 0 radical (unpaired) electrons. The number of aryl methyl sites for hydroxylation is 1. The number of nitrogens with one attached hydrogen (secondary N) is 1. The first-order chi connectivity index (χ1) is 13.3. The van der Waals surface area contributed by atoms with Crippen molar-refractivity contribution in [3.05, 3.63) is 64.2 Å². The summed E-state index contributed by atoms with van der Waals surface area (Å²) >= 11 is 6.06. The van der Waals surface area contributed by atoms with Crippen LogP contribution in [0.3, 0.4) is 0 Å². The Labute approximate surface area is 169 Å². The molecule has 146 valence electrons. The first-order valence-corrected chi connectivity index (χ1v) is 9.41. The quantitative estimate of drug-likeness (QED) is 0.786. The monoisotopic (exact) mass is 399 g/mol. The zero-order valence-corrected chi connectivity index (χ0v) is 16.6. The highest BCUT2D eigenvalue weighted by atomic mass is 35.5. The fraction of sp³-hybridized carbons (Fsp3) is 0.286. The molecule has 1 fully saturated rings. The molecule has 1 saturated heterocycles. The van der Waals surface area contributed by atoms with Crippen molar-refractivity contribution < 1.29 is 14.4 Å². The highest BCUT2D eigenvalue weighted by Crippen LogP contribution is 2.23. The number of hydrogen-bond donors (Lipinski definition) is 1. The maximum Gasteiger partial charge on any atom is 0.312 e.